The zero-order chi connectivity index (χ0) is 15.5. The molecular formula is C15H20N2O4. The molecule has 1 aromatic carbocycles. The Balaban J connectivity index is 2.28. The van der Waals surface area contributed by atoms with Crippen molar-refractivity contribution in [1.29, 1.82) is 0 Å². The highest BCUT2D eigenvalue weighted by atomic mass is 16.5. The number of ether oxygens (including phenoxy) is 1. The Bertz CT molecular complexity index is 521. The molecule has 0 spiro atoms. The molecule has 1 amide bonds. The summed E-state index contributed by atoms with van der Waals surface area (Å²) in [5.74, 6) is -1.43. The zero-order valence-corrected chi connectivity index (χ0v) is 12.0. The quantitative estimate of drug-likeness (QED) is 0.861. The predicted molar refractivity (Wildman–Crippen MR) is 78.1 cm³/mol. The van der Waals surface area contributed by atoms with Crippen LogP contribution in [0.5, 0.6) is 0 Å². The fraction of sp³-hybridized carbons (Fsp3) is 0.467. The molecular weight excluding hydrogens is 272 g/mol. The van der Waals surface area contributed by atoms with Crippen LogP contribution in [0.25, 0.3) is 0 Å². The van der Waals surface area contributed by atoms with Gasteiger partial charge in [-0.15, -0.1) is 0 Å². The van der Waals surface area contributed by atoms with Crippen molar-refractivity contribution >= 4 is 17.6 Å². The van der Waals surface area contributed by atoms with Gasteiger partial charge in [0.1, 0.15) is 12.1 Å². The van der Waals surface area contributed by atoms with Crippen molar-refractivity contribution in [2.24, 2.45) is 5.73 Å². The van der Waals surface area contributed by atoms with Gasteiger partial charge in [-0.2, -0.15) is 0 Å². The predicted octanol–water partition coefficient (Wildman–Crippen LogP) is 0.921. The standard InChI is InChI=1S/C15H20N2O4/c1-11-2-4-12(5-3-11)17(10-13(18)19)14(20)15(16)6-8-21-9-7-15/h2-5H,6-10,16H2,1H3,(H,18,19). The Hall–Kier alpha value is -1.92. The summed E-state index contributed by atoms with van der Waals surface area (Å²) in [5, 5.41) is 9.07. The monoisotopic (exact) mass is 292 g/mol. The van der Waals surface area contributed by atoms with E-state index in [4.69, 9.17) is 15.6 Å². The molecule has 0 unspecified atom stereocenters. The van der Waals surface area contributed by atoms with E-state index in [1.165, 1.54) is 4.90 Å². The third-order valence-corrected chi connectivity index (χ3v) is 3.70. The van der Waals surface area contributed by atoms with Gasteiger partial charge in [0.15, 0.2) is 0 Å². The normalized spacial score (nSPS) is 17.2. The van der Waals surface area contributed by atoms with Crippen molar-refractivity contribution in [1.82, 2.24) is 0 Å². The van der Waals surface area contributed by atoms with E-state index < -0.39 is 18.1 Å². The molecule has 1 aromatic rings. The van der Waals surface area contributed by atoms with Gasteiger partial charge in [0, 0.05) is 18.9 Å². The molecule has 2 rings (SSSR count). The first-order valence-electron chi connectivity index (χ1n) is 6.89. The van der Waals surface area contributed by atoms with Crippen LogP contribution in [0, 0.1) is 6.92 Å². The smallest absolute Gasteiger partial charge is 0.323 e. The number of carbonyl (C=O) groups excluding carboxylic acids is 1. The van der Waals surface area contributed by atoms with Gasteiger partial charge < -0.3 is 15.6 Å². The number of rotatable bonds is 4. The summed E-state index contributed by atoms with van der Waals surface area (Å²) in [6.07, 6.45) is 0.793. The van der Waals surface area contributed by atoms with E-state index in [1.54, 1.807) is 12.1 Å². The topological polar surface area (TPSA) is 92.9 Å². The van der Waals surface area contributed by atoms with Crippen molar-refractivity contribution in [3.05, 3.63) is 29.8 Å². The van der Waals surface area contributed by atoms with Crippen LogP contribution in [-0.2, 0) is 14.3 Å². The molecule has 0 saturated carbocycles. The Kier molecular flexibility index (Phi) is 4.59. The first-order chi connectivity index (χ1) is 9.92. The minimum absolute atomic E-state index is 0.364. The highest BCUT2D eigenvalue weighted by Crippen LogP contribution is 2.24. The number of hydrogen-bond donors (Lipinski definition) is 2. The van der Waals surface area contributed by atoms with Crippen LogP contribution in [0.3, 0.4) is 0 Å². The number of carboxylic acids is 1. The maximum Gasteiger partial charge on any atom is 0.323 e. The molecule has 21 heavy (non-hydrogen) atoms. The molecule has 1 saturated heterocycles. The zero-order valence-electron chi connectivity index (χ0n) is 12.0. The van der Waals surface area contributed by atoms with E-state index in [2.05, 4.69) is 0 Å². The Morgan fingerprint density at radius 3 is 2.38 bits per heavy atom. The molecule has 114 valence electrons. The lowest BCUT2D eigenvalue weighted by atomic mass is 9.89. The second-order valence-electron chi connectivity index (χ2n) is 5.39. The summed E-state index contributed by atoms with van der Waals surface area (Å²) >= 11 is 0. The van der Waals surface area contributed by atoms with Crippen LogP contribution in [0.4, 0.5) is 5.69 Å². The van der Waals surface area contributed by atoms with Crippen LogP contribution in [0.1, 0.15) is 18.4 Å². The molecule has 6 nitrogen and oxygen atoms in total. The van der Waals surface area contributed by atoms with Crippen molar-refractivity contribution in [3.63, 3.8) is 0 Å². The van der Waals surface area contributed by atoms with Crippen molar-refractivity contribution < 1.29 is 19.4 Å². The molecule has 0 radical (unpaired) electrons. The molecule has 0 bridgehead atoms. The van der Waals surface area contributed by atoms with Gasteiger partial charge in [-0.25, -0.2) is 0 Å². The number of amides is 1. The van der Waals surface area contributed by atoms with Crippen LogP contribution in [-0.4, -0.2) is 42.3 Å². The molecule has 0 atom stereocenters. The Labute approximate surface area is 123 Å². The van der Waals surface area contributed by atoms with Crippen molar-refractivity contribution in [2.45, 2.75) is 25.3 Å². The van der Waals surface area contributed by atoms with E-state index >= 15 is 0 Å². The number of carbonyl (C=O) groups is 2. The van der Waals surface area contributed by atoms with E-state index in [9.17, 15) is 9.59 Å². The van der Waals surface area contributed by atoms with Gasteiger partial charge >= 0.3 is 5.97 Å². The van der Waals surface area contributed by atoms with Gasteiger partial charge in [0.2, 0.25) is 5.91 Å². The summed E-state index contributed by atoms with van der Waals surface area (Å²) in [6.45, 7) is 2.35. The number of benzene rings is 1. The van der Waals surface area contributed by atoms with Crippen LogP contribution in [0.2, 0.25) is 0 Å². The van der Waals surface area contributed by atoms with Gasteiger partial charge in [-0.05, 0) is 31.9 Å². The molecule has 3 N–H and O–H groups in total. The van der Waals surface area contributed by atoms with E-state index in [0.717, 1.165) is 5.56 Å². The molecule has 1 fully saturated rings. The molecule has 0 aliphatic carbocycles. The number of hydrogen-bond acceptors (Lipinski definition) is 4. The summed E-state index contributed by atoms with van der Waals surface area (Å²) in [7, 11) is 0. The third-order valence-electron chi connectivity index (χ3n) is 3.70. The number of anilines is 1. The van der Waals surface area contributed by atoms with Gasteiger partial charge in [0.25, 0.3) is 0 Å². The molecule has 1 aliphatic heterocycles. The van der Waals surface area contributed by atoms with Gasteiger partial charge in [-0.3, -0.25) is 14.5 Å². The highest BCUT2D eigenvalue weighted by molar-refractivity contribution is 6.03. The summed E-state index contributed by atoms with van der Waals surface area (Å²) in [6, 6.07) is 7.15. The highest BCUT2D eigenvalue weighted by Gasteiger charge is 2.40. The fourth-order valence-corrected chi connectivity index (χ4v) is 2.36. The first-order valence-corrected chi connectivity index (χ1v) is 6.89. The first kappa shape index (κ1) is 15.5. The van der Waals surface area contributed by atoms with Gasteiger partial charge in [-0.1, -0.05) is 17.7 Å². The largest absolute Gasteiger partial charge is 0.480 e. The summed E-state index contributed by atoms with van der Waals surface area (Å²) in [5.41, 5.74) is 6.71. The molecule has 1 heterocycles. The van der Waals surface area contributed by atoms with Crippen molar-refractivity contribution in [2.75, 3.05) is 24.7 Å². The van der Waals surface area contributed by atoms with E-state index in [0.29, 0.717) is 31.7 Å². The second kappa shape index (κ2) is 6.24. The number of carboxylic acid groups (broad SMARTS) is 1. The maximum absolute atomic E-state index is 12.7. The minimum Gasteiger partial charge on any atom is -0.480 e. The summed E-state index contributed by atoms with van der Waals surface area (Å²) < 4.78 is 5.23. The Morgan fingerprint density at radius 2 is 1.86 bits per heavy atom. The van der Waals surface area contributed by atoms with Crippen LogP contribution >= 0.6 is 0 Å². The average molecular weight is 292 g/mol. The maximum atomic E-state index is 12.7. The van der Waals surface area contributed by atoms with E-state index in [-0.39, 0.29) is 5.91 Å². The second-order valence-corrected chi connectivity index (χ2v) is 5.39. The lowest BCUT2D eigenvalue weighted by molar-refractivity contribution is -0.137. The number of aliphatic carboxylic acids is 1. The lowest BCUT2D eigenvalue weighted by Crippen LogP contribution is -2.59. The van der Waals surface area contributed by atoms with Crippen LogP contribution < -0.4 is 10.6 Å². The number of nitrogens with two attached hydrogens (primary N) is 1. The molecule has 1 aliphatic rings. The van der Waals surface area contributed by atoms with Crippen molar-refractivity contribution in [3.8, 4) is 0 Å². The number of nitrogens with zero attached hydrogens (tertiary/aromatic N) is 1. The third kappa shape index (κ3) is 3.59. The van der Waals surface area contributed by atoms with Crippen LogP contribution in [0.15, 0.2) is 24.3 Å². The number of aryl methyl sites for hydroxylation is 1. The van der Waals surface area contributed by atoms with E-state index in [1.807, 2.05) is 19.1 Å². The molecule has 6 heteroatoms. The minimum atomic E-state index is -1.07. The van der Waals surface area contributed by atoms with Gasteiger partial charge in [0.05, 0.1) is 0 Å². The Morgan fingerprint density at radius 1 is 1.29 bits per heavy atom. The lowest BCUT2D eigenvalue weighted by Gasteiger charge is -2.36. The average Bonchev–Trinajstić information content (AvgIpc) is 2.46. The summed E-state index contributed by atoms with van der Waals surface area (Å²) in [4.78, 5) is 25.0. The SMILES string of the molecule is Cc1ccc(N(CC(=O)O)C(=O)C2(N)CCOCC2)cc1. The fourth-order valence-electron chi connectivity index (χ4n) is 2.36. The molecule has 0 aromatic heterocycles.